The summed E-state index contributed by atoms with van der Waals surface area (Å²) in [4.78, 5) is 8.67. The third-order valence-electron chi connectivity index (χ3n) is 3.38. The molecule has 6 nitrogen and oxygen atoms in total. The first kappa shape index (κ1) is 22.7. The zero-order valence-corrected chi connectivity index (χ0v) is 14.8. The van der Waals surface area contributed by atoms with Crippen molar-refractivity contribution < 1.29 is 10.2 Å². The van der Waals surface area contributed by atoms with Gasteiger partial charge in [-0.3, -0.25) is 9.97 Å². The van der Waals surface area contributed by atoms with Gasteiger partial charge >= 0.3 is 0 Å². The molecule has 0 fully saturated rings. The Balaban J connectivity index is 0.00000264. The molecule has 2 unspecified atom stereocenters. The Kier molecular flexibility index (Phi) is 10.7. The largest absolute Gasteiger partial charge is 0.395 e. The van der Waals surface area contributed by atoms with Crippen molar-refractivity contribution in [1.82, 2.24) is 9.97 Å². The van der Waals surface area contributed by atoms with Crippen molar-refractivity contribution in [1.29, 1.82) is 0 Å². The average molecular weight is 375 g/mol. The van der Waals surface area contributed by atoms with Gasteiger partial charge in [-0.1, -0.05) is 0 Å². The molecule has 6 N–H and O–H groups in total. The maximum absolute atomic E-state index is 9.04. The zero-order valence-electron chi connectivity index (χ0n) is 13.2. The Hall–Kier alpha value is -1.28. The zero-order chi connectivity index (χ0) is 15.9. The number of nitrogens with zero attached hydrogens (tertiary/aromatic N) is 2. The minimum atomic E-state index is -0.280. The number of hydrogen-bond donors (Lipinski definition) is 4. The molecule has 0 spiro atoms. The van der Waals surface area contributed by atoms with Crippen LogP contribution in [0.5, 0.6) is 0 Å². The summed E-state index contributed by atoms with van der Waals surface area (Å²) in [5.41, 5.74) is 15.0. The van der Waals surface area contributed by atoms with Gasteiger partial charge in [-0.25, -0.2) is 0 Å². The molecule has 8 heteroatoms. The fourth-order valence-corrected chi connectivity index (χ4v) is 2.22. The molecule has 0 aliphatic heterocycles. The second-order valence-corrected chi connectivity index (χ2v) is 5.39. The van der Waals surface area contributed by atoms with E-state index in [1.165, 1.54) is 0 Å². The second kappa shape index (κ2) is 11.3. The summed E-state index contributed by atoms with van der Waals surface area (Å²) in [6.45, 7) is -0.102. The van der Waals surface area contributed by atoms with Crippen LogP contribution in [0.2, 0.25) is 0 Å². The fraction of sp³-hybridized carbons (Fsp3) is 0.375. The summed E-state index contributed by atoms with van der Waals surface area (Å²) < 4.78 is 0. The summed E-state index contributed by atoms with van der Waals surface area (Å²) in [7, 11) is 0. The number of rotatable bonds is 7. The maximum Gasteiger partial charge on any atom is 0.0888 e. The van der Waals surface area contributed by atoms with E-state index in [0.29, 0.717) is 12.8 Å². The minimum Gasteiger partial charge on any atom is -0.395 e. The van der Waals surface area contributed by atoms with Gasteiger partial charge in [0.15, 0.2) is 0 Å². The summed E-state index contributed by atoms with van der Waals surface area (Å²) >= 11 is 0. The van der Waals surface area contributed by atoms with Gasteiger partial charge in [-0.05, 0) is 48.2 Å². The molecule has 0 amide bonds. The molecule has 2 heterocycles. The lowest BCUT2D eigenvalue weighted by atomic mass is 10.0. The quantitative estimate of drug-likeness (QED) is 0.566. The first-order valence-electron chi connectivity index (χ1n) is 7.25. The molecule has 0 saturated heterocycles. The normalized spacial score (nSPS) is 12.7. The number of pyridine rings is 2. The molecule has 24 heavy (non-hydrogen) atoms. The van der Waals surface area contributed by atoms with E-state index >= 15 is 0 Å². The van der Waals surface area contributed by atoms with E-state index in [1.807, 2.05) is 24.3 Å². The van der Waals surface area contributed by atoms with Gasteiger partial charge in [0.2, 0.25) is 0 Å². The van der Waals surface area contributed by atoms with Gasteiger partial charge in [0.1, 0.15) is 0 Å². The molecule has 2 aromatic rings. The highest BCUT2D eigenvalue weighted by atomic mass is 35.5. The Labute approximate surface area is 154 Å². The van der Waals surface area contributed by atoms with Crippen molar-refractivity contribution in [3.63, 3.8) is 0 Å². The second-order valence-electron chi connectivity index (χ2n) is 5.39. The van der Waals surface area contributed by atoms with E-state index in [9.17, 15) is 0 Å². The Bertz CT molecular complexity index is 563. The van der Waals surface area contributed by atoms with E-state index in [4.69, 9.17) is 21.7 Å². The van der Waals surface area contributed by atoms with Crippen LogP contribution in [0.3, 0.4) is 0 Å². The summed E-state index contributed by atoms with van der Waals surface area (Å²) in [6.07, 6.45) is 4.59. The van der Waals surface area contributed by atoms with E-state index in [0.717, 1.165) is 22.5 Å². The summed E-state index contributed by atoms with van der Waals surface area (Å²) in [5.74, 6) is 0. The number of halogens is 2. The van der Waals surface area contributed by atoms with Crippen molar-refractivity contribution >= 4 is 24.8 Å². The Morgan fingerprint density at radius 2 is 1.17 bits per heavy atom. The molecule has 0 aromatic carbocycles. The van der Waals surface area contributed by atoms with Gasteiger partial charge in [0, 0.05) is 24.5 Å². The van der Waals surface area contributed by atoms with Crippen molar-refractivity contribution in [2.45, 2.75) is 24.9 Å². The number of hydrogen-bond acceptors (Lipinski definition) is 6. The molecule has 134 valence electrons. The molecule has 0 saturated carbocycles. The van der Waals surface area contributed by atoms with Gasteiger partial charge in [-0.2, -0.15) is 0 Å². The van der Waals surface area contributed by atoms with Crippen molar-refractivity contribution in [2.24, 2.45) is 11.5 Å². The predicted octanol–water partition coefficient (Wildman–Crippen LogP) is 0.711. The van der Waals surface area contributed by atoms with Crippen LogP contribution in [-0.4, -0.2) is 45.5 Å². The van der Waals surface area contributed by atoms with E-state index in [1.54, 1.807) is 12.4 Å². The fourth-order valence-electron chi connectivity index (χ4n) is 2.22. The molecule has 2 rings (SSSR count). The SMILES string of the molecule is Cl.Cl.NC(CO)Cc1ccnc(-c2cc(CC(N)CO)ccn2)c1. The number of nitrogens with two attached hydrogens (primary N) is 2. The highest BCUT2D eigenvalue weighted by Gasteiger charge is 2.08. The van der Waals surface area contributed by atoms with Crippen molar-refractivity contribution in [3.8, 4) is 11.4 Å². The first-order chi connectivity index (χ1) is 10.6. The van der Waals surface area contributed by atoms with E-state index in [2.05, 4.69) is 9.97 Å². The van der Waals surface area contributed by atoms with Crippen LogP contribution >= 0.6 is 24.8 Å². The van der Waals surface area contributed by atoms with Crippen LogP contribution in [0, 0.1) is 0 Å². The third kappa shape index (κ3) is 6.68. The summed E-state index contributed by atoms with van der Waals surface area (Å²) in [5, 5.41) is 18.1. The van der Waals surface area contributed by atoms with Crippen molar-refractivity contribution in [3.05, 3.63) is 47.8 Å². The molecular weight excluding hydrogens is 351 g/mol. The van der Waals surface area contributed by atoms with Gasteiger partial charge in [0.25, 0.3) is 0 Å². The number of aliphatic hydroxyl groups is 2. The molecule has 0 aliphatic carbocycles. The van der Waals surface area contributed by atoms with Gasteiger partial charge in [-0.15, -0.1) is 24.8 Å². The molecular formula is C16H24Cl2N4O2. The molecule has 0 aliphatic rings. The van der Waals surface area contributed by atoms with Gasteiger partial charge < -0.3 is 21.7 Å². The molecule has 2 aromatic heterocycles. The smallest absolute Gasteiger partial charge is 0.0888 e. The van der Waals surface area contributed by atoms with Crippen LogP contribution in [-0.2, 0) is 12.8 Å². The lowest BCUT2D eigenvalue weighted by molar-refractivity contribution is 0.265. The lowest BCUT2D eigenvalue weighted by Crippen LogP contribution is -2.27. The van der Waals surface area contributed by atoms with Crippen LogP contribution in [0.1, 0.15) is 11.1 Å². The molecule has 0 bridgehead atoms. The molecule has 2 atom stereocenters. The minimum absolute atomic E-state index is 0. The Morgan fingerprint density at radius 3 is 1.50 bits per heavy atom. The number of aliphatic hydroxyl groups excluding tert-OH is 2. The first-order valence-corrected chi connectivity index (χ1v) is 7.25. The summed E-state index contributed by atoms with van der Waals surface area (Å²) in [6, 6.07) is 7.05. The van der Waals surface area contributed by atoms with E-state index in [-0.39, 0.29) is 50.1 Å². The molecule has 0 radical (unpaired) electrons. The van der Waals surface area contributed by atoms with Crippen LogP contribution in [0.25, 0.3) is 11.4 Å². The van der Waals surface area contributed by atoms with E-state index < -0.39 is 0 Å². The van der Waals surface area contributed by atoms with Crippen LogP contribution in [0.4, 0.5) is 0 Å². The maximum atomic E-state index is 9.04. The number of aromatic nitrogens is 2. The highest BCUT2D eigenvalue weighted by molar-refractivity contribution is 5.85. The monoisotopic (exact) mass is 374 g/mol. The van der Waals surface area contributed by atoms with Crippen molar-refractivity contribution in [2.75, 3.05) is 13.2 Å². The highest BCUT2D eigenvalue weighted by Crippen LogP contribution is 2.18. The average Bonchev–Trinajstić information content (AvgIpc) is 2.55. The third-order valence-corrected chi connectivity index (χ3v) is 3.38. The lowest BCUT2D eigenvalue weighted by Gasteiger charge is -2.10. The standard InChI is InChI=1S/C16H22N4O2.2ClH/c17-13(9-21)5-11-1-3-19-15(7-11)16-8-12(2-4-20-16)6-14(18)10-22;;/h1-4,7-8,13-14,21-22H,5-6,9-10,17-18H2;2*1H. The van der Waals surface area contributed by atoms with Crippen LogP contribution < -0.4 is 11.5 Å². The van der Waals surface area contributed by atoms with Gasteiger partial charge in [0.05, 0.1) is 24.6 Å². The topological polar surface area (TPSA) is 118 Å². The van der Waals surface area contributed by atoms with Crippen LogP contribution in [0.15, 0.2) is 36.7 Å². The predicted molar refractivity (Wildman–Crippen MR) is 99.5 cm³/mol. The Morgan fingerprint density at radius 1 is 0.792 bits per heavy atom.